The average molecular weight is 402 g/mol. The summed E-state index contributed by atoms with van der Waals surface area (Å²) in [6.07, 6.45) is 2.74. The van der Waals surface area contributed by atoms with Gasteiger partial charge in [-0.25, -0.2) is 4.79 Å². The summed E-state index contributed by atoms with van der Waals surface area (Å²) >= 11 is 0. The Kier molecular flexibility index (Phi) is 6.12. The summed E-state index contributed by atoms with van der Waals surface area (Å²) in [4.78, 5) is 23.2. The summed E-state index contributed by atoms with van der Waals surface area (Å²) < 4.78 is 5.24. The standard InChI is InChI=1S/C26H26O4/c1-5-30-25(29)21-12-13-26(3,4)23-16-20(17(2)14-22(21)23)11-10-18-6-8-19(9-7-18)15-24(27)28/h6-9,12,14,16H,5,13,15H2,1-4H3,(H,27,28). The Morgan fingerprint density at radius 3 is 2.47 bits per heavy atom. The number of aliphatic carboxylic acids is 1. The van der Waals surface area contributed by atoms with E-state index in [1.165, 1.54) is 0 Å². The number of fused-ring (bicyclic) bond motifs is 1. The molecule has 0 amide bonds. The van der Waals surface area contributed by atoms with Gasteiger partial charge in [-0.3, -0.25) is 4.79 Å². The predicted molar refractivity (Wildman–Crippen MR) is 117 cm³/mol. The van der Waals surface area contributed by atoms with Crippen LogP contribution < -0.4 is 0 Å². The fraction of sp³-hybridized carbons (Fsp3) is 0.308. The Morgan fingerprint density at radius 2 is 1.83 bits per heavy atom. The number of ether oxygens (including phenoxy) is 1. The summed E-state index contributed by atoms with van der Waals surface area (Å²) in [6, 6.07) is 11.4. The van der Waals surface area contributed by atoms with Gasteiger partial charge in [0, 0.05) is 11.1 Å². The molecule has 0 aromatic heterocycles. The van der Waals surface area contributed by atoms with E-state index in [1.54, 1.807) is 12.1 Å². The van der Waals surface area contributed by atoms with Gasteiger partial charge in [-0.05, 0) is 72.2 Å². The van der Waals surface area contributed by atoms with Gasteiger partial charge in [-0.15, -0.1) is 0 Å². The Hall–Kier alpha value is -3.32. The van der Waals surface area contributed by atoms with Crippen LogP contribution in [0, 0.1) is 18.8 Å². The molecule has 0 saturated heterocycles. The second-order valence-corrected chi connectivity index (χ2v) is 8.16. The van der Waals surface area contributed by atoms with Crippen LogP contribution in [0.5, 0.6) is 0 Å². The third-order valence-electron chi connectivity index (χ3n) is 5.35. The van der Waals surface area contributed by atoms with Crippen LogP contribution >= 0.6 is 0 Å². The summed E-state index contributed by atoms with van der Waals surface area (Å²) in [5.41, 5.74) is 6.03. The number of carbonyl (C=O) groups excluding carboxylic acids is 1. The molecule has 2 aromatic rings. The number of allylic oxidation sites excluding steroid dienone is 1. The van der Waals surface area contributed by atoms with Crippen molar-refractivity contribution in [1.29, 1.82) is 0 Å². The summed E-state index contributed by atoms with van der Waals surface area (Å²) in [7, 11) is 0. The normalized spacial score (nSPS) is 14.1. The lowest BCUT2D eigenvalue weighted by Gasteiger charge is -2.32. The molecule has 1 N–H and O–H groups in total. The molecule has 1 aliphatic rings. The predicted octanol–water partition coefficient (Wildman–Crippen LogP) is 4.65. The number of carboxylic acid groups (broad SMARTS) is 1. The van der Waals surface area contributed by atoms with Crippen LogP contribution in [-0.2, 0) is 26.2 Å². The number of hydrogen-bond donors (Lipinski definition) is 1. The number of esters is 1. The third kappa shape index (κ3) is 4.63. The highest BCUT2D eigenvalue weighted by molar-refractivity contribution is 6.17. The van der Waals surface area contributed by atoms with E-state index >= 15 is 0 Å². The topological polar surface area (TPSA) is 63.6 Å². The molecule has 3 rings (SSSR count). The van der Waals surface area contributed by atoms with Crippen LogP contribution in [0.25, 0.3) is 5.57 Å². The lowest BCUT2D eigenvalue weighted by atomic mass is 9.72. The number of rotatable bonds is 4. The Balaban J connectivity index is 1.96. The lowest BCUT2D eigenvalue weighted by molar-refractivity contribution is -0.137. The first-order valence-corrected chi connectivity index (χ1v) is 10.1. The molecule has 0 spiro atoms. The Morgan fingerprint density at radius 1 is 1.13 bits per heavy atom. The van der Waals surface area contributed by atoms with Gasteiger partial charge in [0.15, 0.2) is 0 Å². The minimum atomic E-state index is -0.850. The maximum absolute atomic E-state index is 12.4. The van der Waals surface area contributed by atoms with E-state index in [1.807, 2.05) is 38.1 Å². The highest BCUT2D eigenvalue weighted by atomic mass is 16.5. The van der Waals surface area contributed by atoms with E-state index in [0.29, 0.717) is 12.2 Å². The van der Waals surface area contributed by atoms with Gasteiger partial charge in [-0.1, -0.05) is 43.9 Å². The average Bonchev–Trinajstić information content (AvgIpc) is 2.67. The second kappa shape index (κ2) is 8.59. The molecule has 154 valence electrons. The minimum Gasteiger partial charge on any atom is -0.481 e. The van der Waals surface area contributed by atoms with Crippen LogP contribution in [-0.4, -0.2) is 23.7 Å². The highest BCUT2D eigenvalue weighted by Crippen LogP contribution is 2.40. The van der Waals surface area contributed by atoms with Crippen LogP contribution in [0.3, 0.4) is 0 Å². The molecular weight excluding hydrogens is 376 g/mol. The molecule has 4 nitrogen and oxygen atoms in total. The van der Waals surface area contributed by atoms with Crippen molar-refractivity contribution in [2.75, 3.05) is 6.61 Å². The second-order valence-electron chi connectivity index (χ2n) is 8.16. The van der Waals surface area contributed by atoms with Gasteiger partial charge in [-0.2, -0.15) is 0 Å². The van der Waals surface area contributed by atoms with E-state index in [-0.39, 0.29) is 17.8 Å². The van der Waals surface area contributed by atoms with Crippen molar-refractivity contribution in [2.45, 2.75) is 46.0 Å². The SMILES string of the molecule is CCOC(=O)C1=CCC(C)(C)c2cc(C#Cc3ccc(CC(=O)O)cc3)c(C)cc21. The van der Waals surface area contributed by atoms with Crippen molar-refractivity contribution in [2.24, 2.45) is 0 Å². The zero-order chi connectivity index (χ0) is 21.9. The molecule has 0 atom stereocenters. The Labute approximate surface area is 177 Å². The van der Waals surface area contributed by atoms with Crippen LogP contribution in [0.2, 0.25) is 0 Å². The molecule has 0 unspecified atom stereocenters. The number of carboxylic acids is 1. The van der Waals surface area contributed by atoms with E-state index in [2.05, 4.69) is 31.8 Å². The zero-order valence-electron chi connectivity index (χ0n) is 17.8. The number of benzene rings is 2. The van der Waals surface area contributed by atoms with Crippen LogP contribution in [0.4, 0.5) is 0 Å². The highest BCUT2D eigenvalue weighted by Gasteiger charge is 2.31. The zero-order valence-corrected chi connectivity index (χ0v) is 17.8. The maximum Gasteiger partial charge on any atom is 0.338 e. The molecule has 1 aliphatic carbocycles. The smallest absolute Gasteiger partial charge is 0.338 e. The van der Waals surface area contributed by atoms with Crippen LogP contribution in [0.1, 0.15) is 60.6 Å². The van der Waals surface area contributed by atoms with Crippen molar-refractivity contribution >= 4 is 17.5 Å². The van der Waals surface area contributed by atoms with Gasteiger partial charge in [0.25, 0.3) is 0 Å². The van der Waals surface area contributed by atoms with Gasteiger partial charge < -0.3 is 9.84 Å². The van der Waals surface area contributed by atoms with Crippen molar-refractivity contribution in [1.82, 2.24) is 0 Å². The lowest BCUT2D eigenvalue weighted by Crippen LogP contribution is -2.24. The van der Waals surface area contributed by atoms with Gasteiger partial charge in [0.2, 0.25) is 0 Å². The molecule has 0 heterocycles. The molecule has 0 saturated carbocycles. The van der Waals surface area contributed by atoms with Gasteiger partial charge in [0.05, 0.1) is 18.6 Å². The first kappa shape index (κ1) is 21.4. The molecule has 0 bridgehead atoms. The molecule has 2 aromatic carbocycles. The van der Waals surface area contributed by atoms with Crippen molar-refractivity contribution in [3.63, 3.8) is 0 Å². The third-order valence-corrected chi connectivity index (χ3v) is 5.35. The van der Waals surface area contributed by atoms with E-state index in [9.17, 15) is 9.59 Å². The number of carbonyl (C=O) groups is 2. The summed E-state index contributed by atoms with van der Waals surface area (Å²) in [5.74, 6) is 5.28. The first-order valence-electron chi connectivity index (χ1n) is 10.1. The molecule has 0 radical (unpaired) electrons. The van der Waals surface area contributed by atoms with E-state index in [0.717, 1.165) is 39.8 Å². The number of aryl methyl sites for hydroxylation is 1. The quantitative estimate of drug-likeness (QED) is 0.597. The maximum atomic E-state index is 12.4. The van der Waals surface area contributed by atoms with E-state index < -0.39 is 5.97 Å². The van der Waals surface area contributed by atoms with Gasteiger partial charge in [0.1, 0.15) is 0 Å². The van der Waals surface area contributed by atoms with Crippen molar-refractivity contribution < 1.29 is 19.4 Å². The number of hydrogen-bond acceptors (Lipinski definition) is 3. The minimum absolute atomic E-state index is 0.00301. The fourth-order valence-corrected chi connectivity index (χ4v) is 3.62. The monoisotopic (exact) mass is 402 g/mol. The van der Waals surface area contributed by atoms with Crippen molar-refractivity contribution in [3.8, 4) is 11.8 Å². The first-order chi connectivity index (χ1) is 14.2. The van der Waals surface area contributed by atoms with Gasteiger partial charge >= 0.3 is 11.9 Å². The summed E-state index contributed by atoms with van der Waals surface area (Å²) in [5, 5.41) is 8.88. The largest absolute Gasteiger partial charge is 0.481 e. The molecular formula is C26H26O4. The summed E-state index contributed by atoms with van der Waals surface area (Å²) in [6.45, 7) is 8.48. The van der Waals surface area contributed by atoms with E-state index in [4.69, 9.17) is 9.84 Å². The molecule has 4 heteroatoms. The van der Waals surface area contributed by atoms with Crippen LogP contribution in [0.15, 0.2) is 42.5 Å². The Bertz CT molecular complexity index is 1080. The molecule has 0 aliphatic heterocycles. The van der Waals surface area contributed by atoms with Crippen molar-refractivity contribution in [3.05, 3.63) is 75.9 Å². The molecule has 0 fully saturated rings. The fourth-order valence-electron chi connectivity index (χ4n) is 3.62. The molecule has 30 heavy (non-hydrogen) atoms.